The van der Waals surface area contributed by atoms with E-state index in [0.717, 1.165) is 18.4 Å². The average molecular weight is 347 g/mol. The molecule has 1 heterocycles. The molecule has 3 N–H and O–H groups in total. The SMILES string of the molecule is COC1(C(Cc2cccc(F)c2Br)NN)CCOCC1. The molecule has 20 heavy (non-hydrogen) atoms. The fraction of sp³-hybridized carbons (Fsp3) is 0.571. The Morgan fingerprint density at radius 3 is 2.80 bits per heavy atom. The summed E-state index contributed by atoms with van der Waals surface area (Å²) in [5, 5.41) is 0. The van der Waals surface area contributed by atoms with Gasteiger partial charge in [-0.25, -0.2) is 4.39 Å². The topological polar surface area (TPSA) is 56.5 Å². The molecule has 0 aromatic heterocycles. The van der Waals surface area contributed by atoms with E-state index in [1.807, 2.05) is 6.07 Å². The van der Waals surface area contributed by atoms with Crippen molar-refractivity contribution in [3.05, 3.63) is 34.1 Å². The second kappa shape index (κ2) is 6.95. The van der Waals surface area contributed by atoms with E-state index in [4.69, 9.17) is 15.3 Å². The monoisotopic (exact) mass is 346 g/mol. The number of benzene rings is 1. The molecule has 112 valence electrons. The predicted molar refractivity (Wildman–Crippen MR) is 78.7 cm³/mol. The van der Waals surface area contributed by atoms with Crippen molar-refractivity contribution < 1.29 is 13.9 Å². The lowest BCUT2D eigenvalue weighted by Crippen LogP contribution is -2.58. The summed E-state index contributed by atoms with van der Waals surface area (Å²) in [5.41, 5.74) is 3.33. The molecule has 0 saturated carbocycles. The van der Waals surface area contributed by atoms with Gasteiger partial charge in [-0.05, 0) is 34.0 Å². The Kier molecular flexibility index (Phi) is 5.51. The molecule has 0 radical (unpaired) electrons. The summed E-state index contributed by atoms with van der Waals surface area (Å²) in [7, 11) is 1.69. The maximum Gasteiger partial charge on any atom is 0.137 e. The largest absolute Gasteiger partial charge is 0.381 e. The van der Waals surface area contributed by atoms with Crippen molar-refractivity contribution in [3.63, 3.8) is 0 Å². The van der Waals surface area contributed by atoms with Crippen LogP contribution >= 0.6 is 15.9 Å². The lowest BCUT2D eigenvalue weighted by molar-refractivity contribution is -0.110. The van der Waals surface area contributed by atoms with Crippen molar-refractivity contribution in [2.75, 3.05) is 20.3 Å². The third-order valence-electron chi connectivity index (χ3n) is 4.04. The average Bonchev–Trinajstić information content (AvgIpc) is 2.49. The Hall–Kier alpha value is -0.530. The first-order valence-electron chi connectivity index (χ1n) is 6.65. The molecule has 0 amide bonds. The second-order valence-corrected chi connectivity index (χ2v) is 5.81. The van der Waals surface area contributed by atoms with Crippen LogP contribution in [0, 0.1) is 5.82 Å². The van der Waals surface area contributed by atoms with Gasteiger partial charge in [-0.3, -0.25) is 11.3 Å². The van der Waals surface area contributed by atoms with Crippen molar-refractivity contribution >= 4 is 15.9 Å². The van der Waals surface area contributed by atoms with E-state index in [0.29, 0.717) is 24.1 Å². The molecule has 2 rings (SSSR count). The van der Waals surface area contributed by atoms with Crippen LogP contribution in [0.2, 0.25) is 0 Å². The molecule has 1 aromatic rings. The molecule has 0 bridgehead atoms. The number of hydrazine groups is 1. The first-order valence-corrected chi connectivity index (χ1v) is 7.44. The Morgan fingerprint density at radius 2 is 2.20 bits per heavy atom. The molecule has 1 saturated heterocycles. The summed E-state index contributed by atoms with van der Waals surface area (Å²) in [6, 6.07) is 4.92. The molecule has 1 atom stereocenters. The highest BCUT2D eigenvalue weighted by molar-refractivity contribution is 9.10. The summed E-state index contributed by atoms with van der Waals surface area (Å²) in [6.07, 6.45) is 2.12. The summed E-state index contributed by atoms with van der Waals surface area (Å²) in [5.74, 6) is 5.45. The summed E-state index contributed by atoms with van der Waals surface area (Å²) in [4.78, 5) is 0. The lowest BCUT2D eigenvalue weighted by atomic mass is 9.83. The maximum absolute atomic E-state index is 13.6. The third-order valence-corrected chi connectivity index (χ3v) is 4.93. The van der Waals surface area contributed by atoms with Crippen molar-refractivity contribution in [2.24, 2.45) is 5.84 Å². The minimum atomic E-state index is -0.376. The van der Waals surface area contributed by atoms with E-state index in [9.17, 15) is 4.39 Å². The lowest BCUT2D eigenvalue weighted by Gasteiger charge is -2.42. The van der Waals surface area contributed by atoms with Crippen molar-refractivity contribution in [3.8, 4) is 0 Å². The quantitative estimate of drug-likeness (QED) is 0.633. The summed E-state index contributed by atoms with van der Waals surface area (Å²) in [6.45, 7) is 1.30. The van der Waals surface area contributed by atoms with Gasteiger partial charge in [-0.1, -0.05) is 12.1 Å². The second-order valence-electron chi connectivity index (χ2n) is 5.02. The Bertz CT molecular complexity index is 453. The zero-order chi connectivity index (χ0) is 14.6. The maximum atomic E-state index is 13.6. The highest BCUT2D eigenvalue weighted by atomic mass is 79.9. The number of hydrogen-bond acceptors (Lipinski definition) is 4. The Morgan fingerprint density at radius 1 is 1.50 bits per heavy atom. The van der Waals surface area contributed by atoms with E-state index in [1.54, 1.807) is 13.2 Å². The van der Waals surface area contributed by atoms with Gasteiger partial charge in [-0.2, -0.15) is 0 Å². The summed E-state index contributed by atoms with van der Waals surface area (Å²) >= 11 is 3.29. The van der Waals surface area contributed by atoms with Crippen LogP contribution in [-0.2, 0) is 15.9 Å². The van der Waals surface area contributed by atoms with Gasteiger partial charge in [0.05, 0.1) is 16.1 Å². The Labute approximate surface area is 126 Å². The molecule has 1 aromatic carbocycles. The van der Waals surface area contributed by atoms with Crippen LogP contribution < -0.4 is 11.3 Å². The number of ether oxygens (including phenoxy) is 2. The normalized spacial score (nSPS) is 19.8. The fourth-order valence-corrected chi connectivity index (χ4v) is 3.16. The molecule has 1 unspecified atom stereocenters. The Balaban J connectivity index is 2.21. The first-order chi connectivity index (χ1) is 9.63. The molecule has 0 spiro atoms. The van der Waals surface area contributed by atoms with Gasteiger partial charge in [0.2, 0.25) is 0 Å². The van der Waals surface area contributed by atoms with Gasteiger partial charge in [0, 0.05) is 33.2 Å². The van der Waals surface area contributed by atoms with E-state index in [2.05, 4.69) is 21.4 Å². The third kappa shape index (κ3) is 3.20. The number of nitrogens with one attached hydrogen (secondary N) is 1. The predicted octanol–water partition coefficient (Wildman–Crippen LogP) is 2.16. The number of methoxy groups -OCH3 is 1. The number of rotatable bonds is 5. The molecule has 4 nitrogen and oxygen atoms in total. The highest BCUT2D eigenvalue weighted by Crippen LogP contribution is 2.31. The van der Waals surface area contributed by atoms with Gasteiger partial charge in [0.15, 0.2) is 0 Å². The van der Waals surface area contributed by atoms with E-state index in [1.165, 1.54) is 6.07 Å². The molecule has 6 heteroatoms. The molecule has 0 aliphatic carbocycles. The van der Waals surface area contributed by atoms with Crippen LogP contribution in [0.3, 0.4) is 0 Å². The van der Waals surface area contributed by atoms with E-state index >= 15 is 0 Å². The molecular weight excluding hydrogens is 327 g/mol. The first kappa shape index (κ1) is 15.9. The number of hydrogen-bond donors (Lipinski definition) is 2. The van der Waals surface area contributed by atoms with Crippen molar-refractivity contribution in [1.82, 2.24) is 5.43 Å². The molecule has 1 aliphatic rings. The standard InChI is InChI=1S/C14H20BrFN2O2/c1-19-14(5-7-20-8-6-14)12(18-17)9-10-3-2-4-11(16)13(10)15/h2-4,12,18H,5-9,17H2,1H3. The molecular formula is C14H20BrFN2O2. The van der Waals surface area contributed by atoms with Gasteiger partial charge in [-0.15, -0.1) is 0 Å². The van der Waals surface area contributed by atoms with Crippen molar-refractivity contribution in [2.45, 2.75) is 30.9 Å². The molecule has 1 fully saturated rings. The summed E-state index contributed by atoms with van der Waals surface area (Å²) < 4.78 is 25.2. The molecule has 1 aliphatic heterocycles. The van der Waals surface area contributed by atoms with Crippen LogP contribution in [0.5, 0.6) is 0 Å². The minimum Gasteiger partial charge on any atom is -0.381 e. The van der Waals surface area contributed by atoms with Crippen LogP contribution in [0.1, 0.15) is 18.4 Å². The van der Waals surface area contributed by atoms with Crippen LogP contribution in [0.4, 0.5) is 4.39 Å². The van der Waals surface area contributed by atoms with Gasteiger partial charge >= 0.3 is 0 Å². The van der Waals surface area contributed by atoms with Gasteiger partial charge in [0.1, 0.15) is 5.82 Å². The smallest absolute Gasteiger partial charge is 0.137 e. The van der Waals surface area contributed by atoms with Crippen LogP contribution in [0.15, 0.2) is 22.7 Å². The van der Waals surface area contributed by atoms with Gasteiger partial charge < -0.3 is 9.47 Å². The van der Waals surface area contributed by atoms with Crippen LogP contribution in [-0.4, -0.2) is 32.0 Å². The fourth-order valence-electron chi connectivity index (χ4n) is 2.73. The zero-order valence-electron chi connectivity index (χ0n) is 11.5. The zero-order valence-corrected chi connectivity index (χ0v) is 13.1. The van der Waals surface area contributed by atoms with E-state index < -0.39 is 0 Å². The number of nitrogens with two attached hydrogens (primary N) is 1. The van der Waals surface area contributed by atoms with Gasteiger partial charge in [0.25, 0.3) is 0 Å². The van der Waals surface area contributed by atoms with Crippen molar-refractivity contribution in [1.29, 1.82) is 0 Å². The van der Waals surface area contributed by atoms with E-state index in [-0.39, 0.29) is 17.5 Å². The minimum absolute atomic E-state index is 0.102. The highest BCUT2D eigenvalue weighted by Gasteiger charge is 2.40. The number of halogens is 2. The van der Waals surface area contributed by atoms with Crippen LogP contribution in [0.25, 0.3) is 0 Å².